The van der Waals surface area contributed by atoms with Crippen molar-refractivity contribution >= 4 is 22.7 Å². The molecule has 0 aliphatic heterocycles. The number of rotatable bonds is 2. The Morgan fingerprint density at radius 1 is 1.29 bits per heavy atom. The molecule has 4 heteroatoms. The van der Waals surface area contributed by atoms with Gasteiger partial charge in [0.25, 0.3) is 0 Å². The van der Waals surface area contributed by atoms with E-state index in [0.717, 1.165) is 15.6 Å². The van der Waals surface area contributed by atoms with Gasteiger partial charge in [-0.15, -0.1) is 22.7 Å². The van der Waals surface area contributed by atoms with Gasteiger partial charge in [-0.1, -0.05) is 0 Å². The minimum Gasteiger partial charge on any atom is -0.381 e. The molecule has 74 valence electrons. The largest absolute Gasteiger partial charge is 0.381 e. The molecule has 2 nitrogen and oxygen atoms in total. The minimum atomic E-state index is -0.557. The zero-order valence-corrected chi connectivity index (χ0v) is 9.65. The van der Waals surface area contributed by atoms with Gasteiger partial charge < -0.3 is 5.11 Å². The van der Waals surface area contributed by atoms with Crippen LogP contribution in [0.1, 0.15) is 27.2 Å². The summed E-state index contributed by atoms with van der Waals surface area (Å²) < 4.78 is 0. The summed E-state index contributed by atoms with van der Waals surface area (Å²) in [5.41, 5.74) is 1.95. The number of hydrogen-bond acceptors (Lipinski definition) is 4. The lowest BCUT2D eigenvalue weighted by Gasteiger charge is -2.03. The summed E-state index contributed by atoms with van der Waals surface area (Å²) in [5, 5.41) is 14.9. The molecule has 2 rings (SSSR count). The van der Waals surface area contributed by atoms with Crippen LogP contribution in [0.3, 0.4) is 0 Å². The van der Waals surface area contributed by atoms with E-state index < -0.39 is 6.10 Å². The Kier molecular flexibility index (Phi) is 2.67. The van der Waals surface area contributed by atoms with E-state index in [-0.39, 0.29) is 0 Å². The Hall–Kier alpha value is -0.710. The van der Waals surface area contributed by atoms with Crippen LogP contribution in [0.15, 0.2) is 16.8 Å². The van der Waals surface area contributed by atoms with Gasteiger partial charge in [-0.3, -0.25) is 0 Å². The number of hydrogen-bond donors (Lipinski definition) is 1. The molecule has 2 aromatic heterocycles. The quantitative estimate of drug-likeness (QED) is 0.852. The Labute approximate surface area is 90.9 Å². The van der Waals surface area contributed by atoms with Crippen LogP contribution in [0.25, 0.3) is 0 Å². The van der Waals surface area contributed by atoms with Crippen molar-refractivity contribution in [2.75, 3.05) is 0 Å². The van der Waals surface area contributed by atoms with Crippen LogP contribution >= 0.6 is 22.7 Å². The zero-order valence-electron chi connectivity index (χ0n) is 8.02. The summed E-state index contributed by atoms with van der Waals surface area (Å²) in [5.74, 6) is 0. The zero-order chi connectivity index (χ0) is 10.1. The van der Waals surface area contributed by atoms with Gasteiger partial charge in [-0.05, 0) is 30.9 Å². The monoisotopic (exact) mass is 225 g/mol. The van der Waals surface area contributed by atoms with Crippen LogP contribution in [-0.2, 0) is 0 Å². The molecule has 2 aromatic rings. The maximum absolute atomic E-state index is 9.97. The first kappa shape index (κ1) is 9.83. The fourth-order valence-electron chi connectivity index (χ4n) is 1.25. The second kappa shape index (κ2) is 3.81. The van der Waals surface area contributed by atoms with Crippen molar-refractivity contribution in [2.45, 2.75) is 20.0 Å². The summed E-state index contributed by atoms with van der Waals surface area (Å²) in [7, 11) is 0. The Balaban J connectivity index is 2.28. The molecule has 0 fully saturated rings. The molecule has 0 bridgehead atoms. The first-order chi connectivity index (χ1) is 6.66. The van der Waals surface area contributed by atoms with Crippen LogP contribution in [0, 0.1) is 13.8 Å². The van der Waals surface area contributed by atoms with Gasteiger partial charge in [0.15, 0.2) is 0 Å². The molecule has 0 spiro atoms. The Morgan fingerprint density at radius 2 is 2.07 bits per heavy atom. The van der Waals surface area contributed by atoms with E-state index in [9.17, 15) is 5.11 Å². The molecule has 14 heavy (non-hydrogen) atoms. The first-order valence-electron chi connectivity index (χ1n) is 4.32. The summed E-state index contributed by atoms with van der Waals surface area (Å²) in [6.45, 7) is 3.97. The predicted octanol–water partition coefficient (Wildman–Crippen LogP) is 2.90. The minimum absolute atomic E-state index is 0.557. The lowest BCUT2D eigenvalue weighted by atomic mass is 10.2. The molecule has 0 saturated carbocycles. The van der Waals surface area contributed by atoms with Crippen molar-refractivity contribution in [1.29, 1.82) is 0 Å². The molecule has 0 saturated heterocycles. The van der Waals surface area contributed by atoms with Gasteiger partial charge in [-0.2, -0.15) is 0 Å². The average Bonchev–Trinajstić information content (AvgIpc) is 2.73. The fourth-order valence-corrected chi connectivity index (χ4v) is 2.77. The molecule has 0 amide bonds. The van der Waals surface area contributed by atoms with Crippen LogP contribution in [-0.4, -0.2) is 10.1 Å². The SMILES string of the molecule is Cc1csc(C(O)c2csc(C)n2)c1. The standard InChI is InChI=1S/C10H11NOS2/c1-6-3-9(14-4-6)10(12)8-5-13-7(2)11-8/h3-5,10,12H,1-2H3. The number of thiazole rings is 1. The number of aliphatic hydroxyl groups is 1. The molecule has 0 aliphatic carbocycles. The molecule has 1 atom stereocenters. The summed E-state index contributed by atoms with van der Waals surface area (Å²) in [4.78, 5) is 5.24. The number of aromatic nitrogens is 1. The highest BCUT2D eigenvalue weighted by Gasteiger charge is 2.14. The van der Waals surface area contributed by atoms with Crippen molar-refractivity contribution in [3.05, 3.63) is 38.0 Å². The maximum Gasteiger partial charge on any atom is 0.131 e. The van der Waals surface area contributed by atoms with E-state index in [2.05, 4.69) is 4.98 Å². The van der Waals surface area contributed by atoms with E-state index in [1.807, 2.05) is 30.7 Å². The molecule has 2 heterocycles. The number of nitrogens with zero attached hydrogens (tertiary/aromatic N) is 1. The van der Waals surface area contributed by atoms with Gasteiger partial charge in [0.2, 0.25) is 0 Å². The highest BCUT2D eigenvalue weighted by atomic mass is 32.1. The predicted molar refractivity (Wildman–Crippen MR) is 60.0 cm³/mol. The van der Waals surface area contributed by atoms with Gasteiger partial charge in [0.1, 0.15) is 6.10 Å². The van der Waals surface area contributed by atoms with Crippen molar-refractivity contribution < 1.29 is 5.11 Å². The second-order valence-electron chi connectivity index (χ2n) is 3.22. The molecule has 0 radical (unpaired) electrons. The lowest BCUT2D eigenvalue weighted by Crippen LogP contribution is -1.97. The van der Waals surface area contributed by atoms with Gasteiger partial charge in [0.05, 0.1) is 10.7 Å². The molecular formula is C10H11NOS2. The van der Waals surface area contributed by atoms with E-state index in [4.69, 9.17) is 0 Å². The van der Waals surface area contributed by atoms with Gasteiger partial charge >= 0.3 is 0 Å². The van der Waals surface area contributed by atoms with Crippen molar-refractivity contribution in [1.82, 2.24) is 4.98 Å². The fraction of sp³-hybridized carbons (Fsp3) is 0.300. The molecular weight excluding hydrogens is 214 g/mol. The summed E-state index contributed by atoms with van der Waals surface area (Å²) in [6, 6.07) is 2.00. The topological polar surface area (TPSA) is 33.1 Å². The Bertz CT molecular complexity index is 393. The molecule has 1 unspecified atom stereocenters. The first-order valence-corrected chi connectivity index (χ1v) is 6.08. The molecule has 0 aliphatic rings. The van der Waals surface area contributed by atoms with Gasteiger partial charge in [0, 0.05) is 10.3 Å². The number of aryl methyl sites for hydroxylation is 2. The number of thiophene rings is 1. The van der Waals surface area contributed by atoms with E-state index >= 15 is 0 Å². The average molecular weight is 225 g/mol. The van der Waals surface area contributed by atoms with Crippen LogP contribution in [0.5, 0.6) is 0 Å². The second-order valence-corrected chi connectivity index (χ2v) is 5.23. The van der Waals surface area contributed by atoms with E-state index in [1.165, 1.54) is 5.56 Å². The highest BCUT2D eigenvalue weighted by Crippen LogP contribution is 2.27. The third-order valence-electron chi connectivity index (χ3n) is 1.94. The van der Waals surface area contributed by atoms with E-state index in [1.54, 1.807) is 22.7 Å². The maximum atomic E-state index is 9.97. The third kappa shape index (κ3) is 1.87. The normalized spacial score (nSPS) is 13.1. The van der Waals surface area contributed by atoms with Crippen molar-refractivity contribution in [3.8, 4) is 0 Å². The summed E-state index contributed by atoms with van der Waals surface area (Å²) in [6.07, 6.45) is -0.557. The number of aliphatic hydroxyl groups excluding tert-OH is 1. The lowest BCUT2D eigenvalue weighted by molar-refractivity contribution is 0.220. The summed E-state index contributed by atoms with van der Waals surface area (Å²) >= 11 is 3.14. The highest BCUT2D eigenvalue weighted by molar-refractivity contribution is 7.10. The van der Waals surface area contributed by atoms with Crippen molar-refractivity contribution in [2.24, 2.45) is 0 Å². The smallest absolute Gasteiger partial charge is 0.131 e. The van der Waals surface area contributed by atoms with Crippen LogP contribution in [0.4, 0.5) is 0 Å². The van der Waals surface area contributed by atoms with Crippen LogP contribution in [0.2, 0.25) is 0 Å². The van der Waals surface area contributed by atoms with Gasteiger partial charge in [-0.25, -0.2) is 4.98 Å². The van der Waals surface area contributed by atoms with E-state index in [0.29, 0.717) is 0 Å². The van der Waals surface area contributed by atoms with Crippen molar-refractivity contribution in [3.63, 3.8) is 0 Å². The van der Waals surface area contributed by atoms with Crippen LogP contribution < -0.4 is 0 Å². The molecule has 1 N–H and O–H groups in total. The third-order valence-corrected chi connectivity index (χ3v) is 3.83. The Morgan fingerprint density at radius 3 is 2.57 bits per heavy atom. The molecule has 0 aromatic carbocycles.